The quantitative estimate of drug-likeness (QED) is 0.913. The van der Waals surface area contributed by atoms with E-state index in [0.29, 0.717) is 13.2 Å². The fourth-order valence-electron chi connectivity index (χ4n) is 1.49. The van der Waals surface area contributed by atoms with Gasteiger partial charge in [-0.1, -0.05) is 15.9 Å². The summed E-state index contributed by atoms with van der Waals surface area (Å²) in [7, 11) is 0. The number of hydrogen-bond acceptors (Lipinski definition) is 3. The van der Waals surface area contributed by atoms with Crippen LogP contribution in [-0.2, 0) is 14.3 Å². The lowest BCUT2D eigenvalue weighted by Crippen LogP contribution is -2.21. The predicted octanol–water partition coefficient (Wildman–Crippen LogP) is 2.58. The van der Waals surface area contributed by atoms with Crippen LogP contribution in [0.3, 0.4) is 0 Å². The zero-order valence-electron chi connectivity index (χ0n) is 9.33. The summed E-state index contributed by atoms with van der Waals surface area (Å²) >= 11 is 3.38. The summed E-state index contributed by atoms with van der Waals surface area (Å²) in [5, 5.41) is 2.75. The molecule has 0 unspecified atom stereocenters. The third-order valence-corrected chi connectivity index (χ3v) is 2.63. The van der Waals surface area contributed by atoms with Crippen LogP contribution < -0.4 is 5.32 Å². The van der Waals surface area contributed by atoms with Crippen molar-refractivity contribution in [2.24, 2.45) is 0 Å². The molecule has 1 amide bonds. The third kappa shape index (κ3) is 3.23. The van der Waals surface area contributed by atoms with E-state index in [1.807, 2.05) is 25.1 Å². The van der Waals surface area contributed by atoms with Gasteiger partial charge in [-0.3, -0.25) is 4.79 Å². The largest absolute Gasteiger partial charge is 0.494 e. The van der Waals surface area contributed by atoms with Crippen molar-refractivity contribution in [3.8, 4) is 0 Å². The Balaban J connectivity index is 2.09. The number of benzene rings is 1. The van der Waals surface area contributed by atoms with E-state index in [0.717, 1.165) is 15.7 Å². The van der Waals surface area contributed by atoms with Crippen molar-refractivity contribution in [3.63, 3.8) is 0 Å². The Hall–Kier alpha value is -1.49. The van der Waals surface area contributed by atoms with Gasteiger partial charge in [0, 0.05) is 10.2 Å². The number of ether oxygens (including phenoxy) is 2. The summed E-state index contributed by atoms with van der Waals surface area (Å²) in [6.45, 7) is 2.84. The first-order valence-electron chi connectivity index (χ1n) is 5.18. The molecule has 2 rings (SSSR count). The summed E-state index contributed by atoms with van der Waals surface area (Å²) in [6.07, 6.45) is 1.34. The van der Waals surface area contributed by atoms with E-state index in [2.05, 4.69) is 21.2 Å². The first-order valence-corrected chi connectivity index (χ1v) is 5.97. The Labute approximate surface area is 108 Å². The van der Waals surface area contributed by atoms with Crippen LogP contribution in [0.5, 0.6) is 0 Å². The number of anilines is 1. The van der Waals surface area contributed by atoms with E-state index in [9.17, 15) is 4.79 Å². The van der Waals surface area contributed by atoms with Crippen LogP contribution in [0.25, 0.3) is 0 Å². The number of rotatable bonds is 2. The maximum atomic E-state index is 11.8. The topological polar surface area (TPSA) is 47.6 Å². The second kappa shape index (κ2) is 5.23. The molecule has 0 atom stereocenters. The summed E-state index contributed by atoms with van der Waals surface area (Å²) in [4.78, 5) is 11.8. The molecule has 0 saturated carbocycles. The molecule has 0 aromatic heterocycles. The highest BCUT2D eigenvalue weighted by atomic mass is 79.9. The average molecular weight is 298 g/mol. The molecule has 0 bridgehead atoms. The van der Waals surface area contributed by atoms with Crippen LogP contribution in [0.4, 0.5) is 5.69 Å². The van der Waals surface area contributed by atoms with Crippen LogP contribution in [0.15, 0.2) is 34.7 Å². The fourth-order valence-corrected chi connectivity index (χ4v) is 2.10. The molecular formula is C12H12BrNO3. The van der Waals surface area contributed by atoms with E-state index < -0.39 is 0 Å². The molecule has 0 spiro atoms. The molecule has 1 aliphatic heterocycles. The van der Waals surface area contributed by atoms with Gasteiger partial charge in [-0.15, -0.1) is 0 Å². The Morgan fingerprint density at radius 3 is 2.82 bits per heavy atom. The number of nitrogens with one attached hydrogen (secondary N) is 1. The standard InChI is InChI=1S/C12H12BrNO3/c1-8-4-9(13)6-10(5-8)14-12(15)11-7-16-2-3-17-11/h4-7H,2-3H2,1H3,(H,14,15). The van der Waals surface area contributed by atoms with Crippen LogP contribution in [0.2, 0.25) is 0 Å². The van der Waals surface area contributed by atoms with Crippen molar-refractivity contribution >= 4 is 27.5 Å². The fraction of sp³-hybridized carbons (Fsp3) is 0.250. The summed E-state index contributed by atoms with van der Waals surface area (Å²) in [5.41, 5.74) is 1.78. The zero-order valence-corrected chi connectivity index (χ0v) is 10.9. The molecule has 4 nitrogen and oxygen atoms in total. The minimum absolute atomic E-state index is 0.203. The van der Waals surface area contributed by atoms with E-state index in [1.54, 1.807) is 0 Å². The maximum Gasteiger partial charge on any atom is 0.294 e. The zero-order chi connectivity index (χ0) is 12.3. The highest BCUT2D eigenvalue weighted by Gasteiger charge is 2.15. The highest BCUT2D eigenvalue weighted by Crippen LogP contribution is 2.20. The summed E-state index contributed by atoms with van der Waals surface area (Å²) in [5.74, 6) is -0.101. The average Bonchev–Trinajstić information content (AvgIpc) is 2.28. The summed E-state index contributed by atoms with van der Waals surface area (Å²) in [6, 6.07) is 5.68. The Morgan fingerprint density at radius 2 is 2.18 bits per heavy atom. The monoisotopic (exact) mass is 297 g/mol. The molecule has 0 radical (unpaired) electrons. The van der Waals surface area contributed by atoms with Gasteiger partial charge in [0.15, 0.2) is 0 Å². The lowest BCUT2D eigenvalue weighted by Gasteiger charge is -2.15. The molecule has 0 saturated heterocycles. The van der Waals surface area contributed by atoms with Crippen molar-refractivity contribution in [2.45, 2.75) is 6.92 Å². The van der Waals surface area contributed by atoms with Crippen LogP contribution in [0, 0.1) is 6.92 Å². The second-order valence-corrected chi connectivity index (χ2v) is 4.59. The molecule has 0 fully saturated rings. The number of carbonyl (C=O) groups is 1. The van der Waals surface area contributed by atoms with Gasteiger partial charge in [-0.05, 0) is 30.7 Å². The SMILES string of the molecule is Cc1cc(Br)cc(NC(=O)C2=COCCO2)c1. The highest BCUT2D eigenvalue weighted by molar-refractivity contribution is 9.10. The van der Waals surface area contributed by atoms with Gasteiger partial charge < -0.3 is 14.8 Å². The molecule has 1 heterocycles. The van der Waals surface area contributed by atoms with Crippen molar-refractivity contribution in [2.75, 3.05) is 18.5 Å². The lowest BCUT2D eigenvalue weighted by molar-refractivity contribution is -0.117. The van der Waals surface area contributed by atoms with Gasteiger partial charge in [-0.2, -0.15) is 0 Å². The van der Waals surface area contributed by atoms with Crippen molar-refractivity contribution in [1.82, 2.24) is 0 Å². The first kappa shape index (κ1) is 12.0. The van der Waals surface area contributed by atoms with Crippen LogP contribution >= 0.6 is 15.9 Å². The van der Waals surface area contributed by atoms with Crippen molar-refractivity contribution in [3.05, 3.63) is 40.3 Å². The van der Waals surface area contributed by atoms with E-state index in [4.69, 9.17) is 9.47 Å². The van der Waals surface area contributed by atoms with Gasteiger partial charge in [0.25, 0.3) is 5.91 Å². The third-order valence-electron chi connectivity index (χ3n) is 2.17. The number of carbonyl (C=O) groups excluding carboxylic acids is 1. The van der Waals surface area contributed by atoms with E-state index >= 15 is 0 Å². The minimum Gasteiger partial charge on any atom is -0.494 e. The van der Waals surface area contributed by atoms with Crippen LogP contribution in [-0.4, -0.2) is 19.1 Å². The molecule has 0 aliphatic carbocycles. The first-order chi connectivity index (χ1) is 8.15. The van der Waals surface area contributed by atoms with Gasteiger partial charge in [0.05, 0.1) is 0 Å². The number of halogens is 1. The molecule has 1 aliphatic rings. The maximum absolute atomic E-state index is 11.8. The Kier molecular flexibility index (Phi) is 3.68. The number of aryl methyl sites for hydroxylation is 1. The number of amides is 1. The molecule has 1 aromatic carbocycles. The van der Waals surface area contributed by atoms with Gasteiger partial charge in [-0.25, -0.2) is 0 Å². The predicted molar refractivity (Wildman–Crippen MR) is 67.5 cm³/mol. The molecular weight excluding hydrogens is 286 g/mol. The minimum atomic E-state index is -0.304. The van der Waals surface area contributed by atoms with Crippen LogP contribution in [0.1, 0.15) is 5.56 Å². The second-order valence-electron chi connectivity index (χ2n) is 3.67. The molecule has 90 valence electrons. The molecule has 5 heteroatoms. The Bertz CT molecular complexity index is 451. The van der Waals surface area contributed by atoms with Gasteiger partial charge in [0.2, 0.25) is 5.76 Å². The molecule has 1 aromatic rings. The Morgan fingerprint density at radius 1 is 1.35 bits per heavy atom. The number of hydrogen-bond donors (Lipinski definition) is 1. The van der Waals surface area contributed by atoms with Gasteiger partial charge in [0.1, 0.15) is 19.5 Å². The smallest absolute Gasteiger partial charge is 0.294 e. The van der Waals surface area contributed by atoms with E-state index in [-0.39, 0.29) is 11.7 Å². The summed E-state index contributed by atoms with van der Waals surface area (Å²) < 4.78 is 11.1. The normalized spacial score (nSPS) is 14.4. The van der Waals surface area contributed by atoms with Gasteiger partial charge >= 0.3 is 0 Å². The van der Waals surface area contributed by atoms with Crippen molar-refractivity contribution < 1.29 is 14.3 Å². The van der Waals surface area contributed by atoms with Crippen molar-refractivity contribution in [1.29, 1.82) is 0 Å². The lowest BCUT2D eigenvalue weighted by atomic mass is 10.2. The molecule has 1 N–H and O–H groups in total. The van der Waals surface area contributed by atoms with E-state index in [1.165, 1.54) is 6.26 Å². The molecule has 17 heavy (non-hydrogen) atoms.